The third-order valence-corrected chi connectivity index (χ3v) is 1.83. The van der Waals surface area contributed by atoms with Crippen molar-refractivity contribution in [2.75, 3.05) is 0 Å². The highest BCUT2D eigenvalue weighted by atomic mass is 16.6. The lowest BCUT2D eigenvalue weighted by Gasteiger charge is -2.19. The first-order valence-electron chi connectivity index (χ1n) is 5.26. The summed E-state index contributed by atoms with van der Waals surface area (Å²) >= 11 is 0. The number of carbonyl (C=O) groups is 1. The predicted octanol–water partition coefficient (Wildman–Crippen LogP) is 1.32. The zero-order valence-electron chi connectivity index (χ0n) is 10.1. The van der Waals surface area contributed by atoms with Crippen molar-refractivity contribution in [3.05, 3.63) is 12.2 Å². The summed E-state index contributed by atoms with van der Waals surface area (Å²) in [5.41, 5.74) is -0.484. The fourth-order valence-electron chi connectivity index (χ4n) is 1.15. The smallest absolute Gasteiger partial charge is 0.408 e. The van der Waals surface area contributed by atoms with Crippen LogP contribution in [0.25, 0.3) is 0 Å². The van der Waals surface area contributed by atoms with Gasteiger partial charge in [-0.2, -0.15) is 0 Å². The molecule has 0 aliphatic carbocycles. The zero-order valence-corrected chi connectivity index (χ0v) is 10.1. The molecule has 90 valence electrons. The van der Waals surface area contributed by atoms with Gasteiger partial charge in [0, 0.05) is 6.54 Å². The van der Waals surface area contributed by atoms with Gasteiger partial charge in [0.25, 0.3) is 0 Å². The molecule has 0 bridgehead atoms. The van der Waals surface area contributed by atoms with Gasteiger partial charge in [0.15, 0.2) is 5.82 Å². The van der Waals surface area contributed by atoms with Crippen LogP contribution in [0.3, 0.4) is 0 Å². The Balaban J connectivity index is 2.43. The largest absolute Gasteiger partial charge is 0.444 e. The number of rotatable bonds is 3. The van der Waals surface area contributed by atoms with E-state index in [-0.39, 0.29) is 0 Å². The lowest BCUT2D eigenvalue weighted by Crippen LogP contribution is -2.32. The average Bonchev–Trinajstić information content (AvgIpc) is 2.59. The number of aryl methyl sites for hydroxylation is 1. The van der Waals surface area contributed by atoms with E-state index in [2.05, 4.69) is 15.5 Å². The zero-order chi connectivity index (χ0) is 12.2. The van der Waals surface area contributed by atoms with E-state index in [9.17, 15) is 4.79 Å². The molecule has 1 aromatic heterocycles. The normalized spacial score (nSPS) is 11.2. The number of nitrogens with zero attached hydrogens (tertiary/aromatic N) is 3. The molecule has 0 saturated carbocycles. The van der Waals surface area contributed by atoms with Gasteiger partial charge in [0.1, 0.15) is 11.9 Å². The van der Waals surface area contributed by atoms with Crippen LogP contribution in [-0.2, 0) is 17.8 Å². The van der Waals surface area contributed by atoms with E-state index in [1.54, 1.807) is 6.33 Å². The van der Waals surface area contributed by atoms with Crippen molar-refractivity contribution < 1.29 is 9.53 Å². The van der Waals surface area contributed by atoms with Crippen LogP contribution in [0.2, 0.25) is 0 Å². The minimum Gasteiger partial charge on any atom is -0.444 e. The number of ether oxygens (including phenoxy) is 1. The second-order valence-electron chi connectivity index (χ2n) is 4.39. The van der Waals surface area contributed by atoms with Gasteiger partial charge < -0.3 is 14.6 Å². The van der Waals surface area contributed by atoms with Crippen molar-refractivity contribution in [3.8, 4) is 0 Å². The quantitative estimate of drug-likeness (QED) is 0.844. The molecule has 1 amide bonds. The average molecular weight is 226 g/mol. The molecule has 0 spiro atoms. The summed E-state index contributed by atoms with van der Waals surface area (Å²) in [6.07, 6.45) is 1.18. The Morgan fingerprint density at radius 1 is 1.56 bits per heavy atom. The van der Waals surface area contributed by atoms with Crippen molar-refractivity contribution in [1.82, 2.24) is 20.1 Å². The fourth-order valence-corrected chi connectivity index (χ4v) is 1.15. The van der Waals surface area contributed by atoms with E-state index >= 15 is 0 Å². The van der Waals surface area contributed by atoms with Crippen molar-refractivity contribution in [2.24, 2.45) is 0 Å². The summed E-state index contributed by atoms with van der Waals surface area (Å²) in [6.45, 7) is 8.55. The first-order valence-corrected chi connectivity index (χ1v) is 5.26. The molecule has 1 heterocycles. The van der Waals surface area contributed by atoms with E-state index in [0.29, 0.717) is 12.4 Å². The molecule has 1 N–H and O–H groups in total. The number of nitrogens with one attached hydrogen (secondary N) is 1. The second kappa shape index (κ2) is 4.96. The van der Waals surface area contributed by atoms with E-state index < -0.39 is 11.7 Å². The Labute approximate surface area is 95.0 Å². The molecule has 0 fully saturated rings. The van der Waals surface area contributed by atoms with Gasteiger partial charge in [-0.25, -0.2) is 4.79 Å². The highest BCUT2D eigenvalue weighted by Crippen LogP contribution is 2.06. The minimum absolute atomic E-state index is 0.322. The molecule has 1 aromatic rings. The predicted molar refractivity (Wildman–Crippen MR) is 58.8 cm³/mol. The molecule has 6 nitrogen and oxygen atoms in total. The first-order chi connectivity index (χ1) is 7.42. The highest BCUT2D eigenvalue weighted by molar-refractivity contribution is 5.67. The number of alkyl carbamates (subject to hydrolysis) is 1. The second-order valence-corrected chi connectivity index (χ2v) is 4.39. The highest BCUT2D eigenvalue weighted by Gasteiger charge is 2.16. The van der Waals surface area contributed by atoms with Crippen molar-refractivity contribution in [2.45, 2.75) is 46.4 Å². The molecule has 0 aliphatic heterocycles. The summed E-state index contributed by atoms with van der Waals surface area (Å²) in [4.78, 5) is 11.4. The van der Waals surface area contributed by atoms with Crippen LogP contribution in [0.4, 0.5) is 4.79 Å². The van der Waals surface area contributed by atoms with Gasteiger partial charge in [-0.3, -0.25) is 0 Å². The third-order valence-electron chi connectivity index (χ3n) is 1.83. The molecule has 6 heteroatoms. The van der Waals surface area contributed by atoms with Crippen LogP contribution in [0.15, 0.2) is 6.33 Å². The van der Waals surface area contributed by atoms with Gasteiger partial charge >= 0.3 is 6.09 Å². The maximum atomic E-state index is 11.4. The SMILES string of the molecule is CCn1cnnc1CNC(=O)OC(C)(C)C. The summed E-state index contributed by atoms with van der Waals surface area (Å²) in [5, 5.41) is 10.3. The molecular weight excluding hydrogens is 208 g/mol. The Hall–Kier alpha value is -1.59. The van der Waals surface area contributed by atoms with Crippen molar-refractivity contribution in [1.29, 1.82) is 0 Å². The van der Waals surface area contributed by atoms with Crippen LogP contribution in [0, 0.1) is 0 Å². The van der Waals surface area contributed by atoms with Gasteiger partial charge in [0.2, 0.25) is 0 Å². The number of aromatic nitrogens is 3. The number of amides is 1. The van der Waals surface area contributed by atoms with E-state index in [4.69, 9.17) is 4.74 Å². The molecule has 0 saturated heterocycles. The molecule has 0 radical (unpaired) electrons. The summed E-state index contributed by atoms with van der Waals surface area (Å²) in [5.74, 6) is 0.716. The van der Waals surface area contributed by atoms with E-state index in [1.165, 1.54) is 0 Å². The first kappa shape index (κ1) is 12.5. The maximum Gasteiger partial charge on any atom is 0.408 e. The van der Waals surface area contributed by atoms with Crippen LogP contribution in [0.1, 0.15) is 33.5 Å². The van der Waals surface area contributed by atoms with Crippen LogP contribution in [-0.4, -0.2) is 26.5 Å². The molecule has 1 rings (SSSR count). The van der Waals surface area contributed by atoms with Crippen molar-refractivity contribution in [3.63, 3.8) is 0 Å². The molecule has 0 aromatic carbocycles. The topological polar surface area (TPSA) is 69.0 Å². The van der Waals surface area contributed by atoms with Gasteiger partial charge in [-0.15, -0.1) is 10.2 Å². The monoisotopic (exact) mass is 226 g/mol. The van der Waals surface area contributed by atoms with Crippen LogP contribution < -0.4 is 5.32 Å². The van der Waals surface area contributed by atoms with Crippen LogP contribution in [0.5, 0.6) is 0 Å². The Bertz CT molecular complexity index is 354. The maximum absolute atomic E-state index is 11.4. The molecule has 0 unspecified atom stereocenters. The molecule has 0 atom stereocenters. The lowest BCUT2D eigenvalue weighted by molar-refractivity contribution is 0.0521. The standard InChI is InChI=1S/C10H18N4O2/c1-5-14-7-12-13-8(14)6-11-9(15)16-10(2,3)4/h7H,5-6H2,1-4H3,(H,11,15). The summed E-state index contributed by atoms with van der Waals surface area (Å²) < 4.78 is 6.96. The number of hydrogen-bond acceptors (Lipinski definition) is 4. The Morgan fingerprint density at radius 3 is 2.81 bits per heavy atom. The Kier molecular flexibility index (Phi) is 3.87. The van der Waals surface area contributed by atoms with E-state index in [1.807, 2.05) is 32.3 Å². The summed E-state index contributed by atoms with van der Waals surface area (Å²) in [7, 11) is 0. The minimum atomic E-state index is -0.484. The summed E-state index contributed by atoms with van der Waals surface area (Å²) in [6, 6.07) is 0. The van der Waals surface area contributed by atoms with E-state index in [0.717, 1.165) is 6.54 Å². The van der Waals surface area contributed by atoms with Crippen molar-refractivity contribution >= 4 is 6.09 Å². The van der Waals surface area contributed by atoms with Gasteiger partial charge in [-0.05, 0) is 27.7 Å². The number of hydrogen-bond donors (Lipinski definition) is 1. The molecular formula is C10H18N4O2. The Morgan fingerprint density at radius 2 is 2.25 bits per heavy atom. The third kappa shape index (κ3) is 3.88. The molecule has 16 heavy (non-hydrogen) atoms. The van der Waals surface area contributed by atoms with Gasteiger partial charge in [0.05, 0.1) is 6.54 Å². The number of carbonyl (C=O) groups excluding carboxylic acids is 1. The lowest BCUT2D eigenvalue weighted by atomic mass is 10.2. The van der Waals surface area contributed by atoms with Crippen LogP contribution >= 0.6 is 0 Å². The molecule has 0 aliphatic rings. The fraction of sp³-hybridized carbons (Fsp3) is 0.700. The van der Waals surface area contributed by atoms with Gasteiger partial charge in [-0.1, -0.05) is 0 Å².